The van der Waals surface area contributed by atoms with Crippen LogP contribution in [0.2, 0.25) is 0 Å². The zero-order valence-electron chi connectivity index (χ0n) is 9.50. The molecule has 0 saturated carbocycles. The number of methoxy groups -OCH3 is 1. The Balaban J connectivity index is 2.66. The molecule has 1 rings (SSSR count). The third-order valence-corrected chi connectivity index (χ3v) is 2.44. The van der Waals surface area contributed by atoms with Crippen LogP contribution in [0.4, 0.5) is 0 Å². The second kappa shape index (κ2) is 5.05. The molecule has 1 atom stereocenters. The van der Waals surface area contributed by atoms with Crippen molar-refractivity contribution < 1.29 is 4.74 Å². The van der Waals surface area contributed by atoms with Gasteiger partial charge in [0.1, 0.15) is 0 Å². The van der Waals surface area contributed by atoms with Gasteiger partial charge < -0.3 is 10.2 Å². The summed E-state index contributed by atoms with van der Waals surface area (Å²) in [5, 5.41) is 0. The molecule has 0 aliphatic carbocycles. The number of aromatic nitrogens is 1. The van der Waals surface area contributed by atoms with E-state index < -0.39 is 0 Å². The first-order chi connectivity index (χ1) is 6.69. The fourth-order valence-corrected chi connectivity index (χ4v) is 1.50. The highest BCUT2D eigenvalue weighted by Gasteiger charge is 2.07. The molecule has 0 bridgehead atoms. The Kier molecular flexibility index (Phi) is 4.01. The van der Waals surface area contributed by atoms with Gasteiger partial charge in [-0.05, 0) is 32.4 Å². The predicted molar refractivity (Wildman–Crippen MR) is 59.2 cm³/mol. The fourth-order valence-electron chi connectivity index (χ4n) is 1.50. The van der Waals surface area contributed by atoms with Crippen molar-refractivity contribution in [2.24, 2.45) is 0 Å². The number of hydrogen-bond donors (Lipinski definition) is 1. The lowest BCUT2D eigenvalue weighted by molar-refractivity contribution is 0.180. The highest BCUT2D eigenvalue weighted by Crippen LogP contribution is 2.06. The molecule has 0 fully saturated rings. The van der Waals surface area contributed by atoms with Gasteiger partial charge in [0.25, 0.3) is 0 Å². The summed E-state index contributed by atoms with van der Waals surface area (Å²) in [5.41, 5.74) is 5.90. The van der Waals surface area contributed by atoms with E-state index in [1.54, 1.807) is 7.11 Å². The van der Waals surface area contributed by atoms with E-state index in [0.29, 0.717) is 6.04 Å². The van der Waals surface area contributed by atoms with Crippen LogP contribution in [0, 0.1) is 13.8 Å². The van der Waals surface area contributed by atoms with Crippen molar-refractivity contribution in [3.8, 4) is 0 Å². The Labute approximate surface area is 86.0 Å². The highest BCUT2D eigenvalue weighted by molar-refractivity contribution is 5.15. The Morgan fingerprint density at radius 1 is 1.36 bits per heavy atom. The van der Waals surface area contributed by atoms with Crippen LogP contribution in [0.15, 0.2) is 12.1 Å². The maximum Gasteiger partial charge on any atom is 0.0679 e. The van der Waals surface area contributed by atoms with Crippen LogP contribution in [-0.2, 0) is 4.74 Å². The topological polar surface area (TPSA) is 26.2 Å². The normalized spacial score (nSPS) is 12.9. The molecule has 3 heteroatoms. The summed E-state index contributed by atoms with van der Waals surface area (Å²) in [6.45, 7) is 7.09. The van der Waals surface area contributed by atoms with Crippen LogP contribution in [0.1, 0.15) is 24.7 Å². The van der Waals surface area contributed by atoms with Gasteiger partial charge in [0.05, 0.1) is 12.6 Å². The maximum absolute atomic E-state index is 5.15. The molecule has 0 saturated heterocycles. The van der Waals surface area contributed by atoms with Crippen molar-refractivity contribution in [3.63, 3.8) is 0 Å². The molecular weight excluding hydrogens is 176 g/mol. The van der Waals surface area contributed by atoms with Gasteiger partial charge in [-0.2, -0.15) is 0 Å². The quantitative estimate of drug-likeness (QED) is 0.780. The van der Waals surface area contributed by atoms with E-state index in [-0.39, 0.29) is 0 Å². The summed E-state index contributed by atoms with van der Waals surface area (Å²) >= 11 is 0. The van der Waals surface area contributed by atoms with Crippen molar-refractivity contribution in [1.82, 2.24) is 4.68 Å². The number of hydrogen-bond acceptors (Lipinski definition) is 2. The molecule has 0 aliphatic rings. The van der Waals surface area contributed by atoms with Crippen LogP contribution >= 0.6 is 0 Å². The molecule has 80 valence electrons. The predicted octanol–water partition coefficient (Wildman–Crippen LogP) is 2.07. The smallest absolute Gasteiger partial charge is 0.0679 e. The number of ether oxygens (including phenoxy) is 1. The van der Waals surface area contributed by atoms with E-state index in [0.717, 1.165) is 13.0 Å². The number of nitrogens with one attached hydrogen (secondary N) is 1. The first-order valence-corrected chi connectivity index (χ1v) is 5.09. The first-order valence-electron chi connectivity index (χ1n) is 5.09. The Morgan fingerprint density at radius 3 is 2.36 bits per heavy atom. The van der Waals surface area contributed by atoms with Crippen LogP contribution in [0.5, 0.6) is 0 Å². The monoisotopic (exact) mass is 196 g/mol. The number of rotatable bonds is 5. The molecule has 0 aliphatic heterocycles. The van der Waals surface area contributed by atoms with E-state index in [2.05, 4.69) is 43.0 Å². The van der Waals surface area contributed by atoms with Crippen LogP contribution in [-0.4, -0.2) is 24.4 Å². The van der Waals surface area contributed by atoms with Gasteiger partial charge in [-0.15, -0.1) is 0 Å². The van der Waals surface area contributed by atoms with Crippen LogP contribution in [0.3, 0.4) is 0 Å². The van der Waals surface area contributed by atoms with E-state index in [9.17, 15) is 0 Å². The lowest BCUT2D eigenvalue weighted by Crippen LogP contribution is -2.32. The molecule has 3 nitrogen and oxygen atoms in total. The van der Waals surface area contributed by atoms with Gasteiger partial charge >= 0.3 is 0 Å². The molecule has 1 unspecified atom stereocenters. The standard InChI is InChI=1S/C11H20N2O/c1-5-11(8-14-4)12-13-9(2)6-7-10(13)3/h6-7,11-12H,5,8H2,1-4H3. The lowest BCUT2D eigenvalue weighted by atomic mass is 10.2. The van der Waals surface area contributed by atoms with Gasteiger partial charge in [0, 0.05) is 18.5 Å². The summed E-state index contributed by atoms with van der Waals surface area (Å²) < 4.78 is 7.27. The molecule has 0 aromatic carbocycles. The Morgan fingerprint density at radius 2 is 1.93 bits per heavy atom. The van der Waals surface area contributed by atoms with Crippen LogP contribution in [0.25, 0.3) is 0 Å². The highest BCUT2D eigenvalue weighted by atomic mass is 16.5. The zero-order chi connectivity index (χ0) is 10.6. The summed E-state index contributed by atoms with van der Waals surface area (Å²) in [7, 11) is 1.74. The molecule has 0 amide bonds. The summed E-state index contributed by atoms with van der Waals surface area (Å²) in [6, 6.07) is 4.61. The molecule has 1 heterocycles. The van der Waals surface area contributed by atoms with Crippen molar-refractivity contribution in [3.05, 3.63) is 23.5 Å². The largest absolute Gasteiger partial charge is 0.382 e. The van der Waals surface area contributed by atoms with Crippen molar-refractivity contribution >= 4 is 0 Å². The lowest BCUT2D eigenvalue weighted by Gasteiger charge is -2.20. The van der Waals surface area contributed by atoms with E-state index >= 15 is 0 Å². The van der Waals surface area contributed by atoms with Gasteiger partial charge in [-0.3, -0.25) is 4.68 Å². The fraction of sp³-hybridized carbons (Fsp3) is 0.636. The molecule has 0 spiro atoms. The average molecular weight is 196 g/mol. The SMILES string of the molecule is CCC(COC)Nn1c(C)ccc1C. The molecule has 0 radical (unpaired) electrons. The van der Waals surface area contributed by atoms with Gasteiger partial charge in [0.15, 0.2) is 0 Å². The molecule has 1 aromatic rings. The van der Waals surface area contributed by atoms with Crippen LogP contribution < -0.4 is 5.43 Å². The Bertz CT molecular complexity index is 261. The minimum Gasteiger partial charge on any atom is -0.382 e. The molecule has 1 aromatic heterocycles. The minimum absolute atomic E-state index is 0.379. The first kappa shape index (κ1) is 11.1. The minimum atomic E-state index is 0.379. The second-order valence-electron chi connectivity index (χ2n) is 3.64. The van der Waals surface area contributed by atoms with Crippen molar-refractivity contribution in [2.75, 3.05) is 19.1 Å². The van der Waals surface area contributed by atoms with Gasteiger partial charge in [0.2, 0.25) is 0 Å². The van der Waals surface area contributed by atoms with E-state index in [4.69, 9.17) is 4.74 Å². The molecule has 14 heavy (non-hydrogen) atoms. The molecular formula is C11H20N2O. The molecule has 1 N–H and O–H groups in total. The number of aryl methyl sites for hydroxylation is 2. The second-order valence-corrected chi connectivity index (χ2v) is 3.64. The number of nitrogens with zero attached hydrogens (tertiary/aromatic N) is 1. The zero-order valence-corrected chi connectivity index (χ0v) is 9.50. The van der Waals surface area contributed by atoms with Crippen molar-refractivity contribution in [1.29, 1.82) is 0 Å². The summed E-state index contributed by atoms with van der Waals surface area (Å²) in [4.78, 5) is 0. The average Bonchev–Trinajstić information content (AvgIpc) is 2.48. The van der Waals surface area contributed by atoms with Crippen molar-refractivity contribution in [2.45, 2.75) is 33.2 Å². The van der Waals surface area contributed by atoms with Gasteiger partial charge in [-0.1, -0.05) is 6.92 Å². The van der Waals surface area contributed by atoms with Gasteiger partial charge in [-0.25, -0.2) is 0 Å². The van der Waals surface area contributed by atoms with E-state index in [1.807, 2.05) is 0 Å². The third kappa shape index (κ3) is 2.51. The maximum atomic E-state index is 5.15. The summed E-state index contributed by atoms with van der Waals surface area (Å²) in [5.74, 6) is 0. The van der Waals surface area contributed by atoms with E-state index in [1.165, 1.54) is 11.4 Å². The summed E-state index contributed by atoms with van der Waals surface area (Å²) in [6.07, 6.45) is 1.06. The Hall–Kier alpha value is -0.960. The third-order valence-electron chi connectivity index (χ3n) is 2.44.